The Morgan fingerprint density at radius 2 is 2.21 bits per heavy atom. The molecular formula is C24H31NO4. The Morgan fingerprint density at radius 3 is 2.97 bits per heavy atom. The zero-order valence-electron chi connectivity index (χ0n) is 17.9. The van der Waals surface area contributed by atoms with Crippen LogP contribution in [0.4, 0.5) is 0 Å². The second kappa shape index (κ2) is 8.23. The quantitative estimate of drug-likeness (QED) is 0.542. The molecule has 0 unspecified atom stereocenters. The Morgan fingerprint density at radius 1 is 1.38 bits per heavy atom. The highest BCUT2D eigenvalue weighted by Gasteiger charge is 2.34. The molecule has 1 aliphatic carbocycles. The fraction of sp³-hybridized carbons (Fsp3) is 0.542. The molecule has 3 aliphatic rings. The number of carbonyl (C=O) groups is 1. The van der Waals surface area contributed by atoms with Gasteiger partial charge in [0.25, 0.3) is 0 Å². The van der Waals surface area contributed by atoms with Gasteiger partial charge in [-0.05, 0) is 62.8 Å². The SMILES string of the molecule is COc1c2c(cc3c1[C@H](CC(=O)C=C[C@H]1CC=C(C)C[C@H]1C)N(C)CC3)OCO2. The highest BCUT2D eigenvalue weighted by Crippen LogP contribution is 2.50. The van der Waals surface area contributed by atoms with Gasteiger partial charge in [0.2, 0.25) is 12.5 Å². The third kappa shape index (κ3) is 3.93. The summed E-state index contributed by atoms with van der Waals surface area (Å²) in [6.45, 7) is 5.58. The van der Waals surface area contributed by atoms with Gasteiger partial charge in [-0.2, -0.15) is 0 Å². The van der Waals surface area contributed by atoms with Crippen LogP contribution < -0.4 is 14.2 Å². The Labute approximate surface area is 173 Å². The summed E-state index contributed by atoms with van der Waals surface area (Å²) < 4.78 is 17.0. The molecule has 0 fully saturated rings. The van der Waals surface area contributed by atoms with E-state index in [1.54, 1.807) is 13.2 Å². The molecule has 1 aromatic carbocycles. The lowest BCUT2D eigenvalue weighted by Gasteiger charge is -2.35. The monoisotopic (exact) mass is 397 g/mol. The van der Waals surface area contributed by atoms with Gasteiger partial charge >= 0.3 is 0 Å². The number of hydrogen-bond donors (Lipinski definition) is 0. The van der Waals surface area contributed by atoms with Crippen LogP contribution in [-0.2, 0) is 11.2 Å². The molecule has 0 amide bonds. The van der Waals surface area contributed by atoms with Crippen molar-refractivity contribution in [2.75, 3.05) is 27.5 Å². The minimum absolute atomic E-state index is 0.0220. The molecule has 0 spiro atoms. The summed E-state index contributed by atoms with van der Waals surface area (Å²) in [5.74, 6) is 3.31. The molecule has 2 heterocycles. The van der Waals surface area contributed by atoms with E-state index in [9.17, 15) is 4.79 Å². The number of fused-ring (bicyclic) bond motifs is 2. The highest BCUT2D eigenvalue weighted by molar-refractivity contribution is 5.90. The van der Waals surface area contributed by atoms with Crippen LogP contribution >= 0.6 is 0 Å². The molecular weight excluding hydrogens is 366 g/mol. The molecule has 3 atom stereocenters. The van der Waals surface area contributed by atoms with Gasteiger partial charge in [-0.3, -0.25) is 9.69 Å². The largest absolute Gasteiger partial charge is 0.492 e. The molecule has 2 aliphatic heterocycles. The smallest absolute Gasteiger partial charge is 0.231 e. The fourth-order valence-electron chi connectivity index (χ4n) is 4.85. The molecule has 1 aromatic rings. The molecule has 0 saturated heterocycles. The lowest BCUT2D eigenvalue weighted by molar-refractivity contribution is -0.115. The van der Waals surface area contributed by atoms with Crippen molar-refractivity contribution in [1.82, 2.24) is 4.90 Å². The summed E-state index contributed by atoms with van der Waals surface area (Å²) in [5.41, 5.74) is 3.71. The Balaban J connectivity index is 1.55. The minimum Gasteiger partial charge on any atom is -0.492 e. The van der Waals surface area contributed by atoms with Crippen LogP contribution in [0.3, 0.4) is 0 Å². The van der Waals surface area contributed by atoms with Gasteiger partial charge in [-0.25, -0.2) is 0 Å². The van der Waals surface area contributed by atoms with E-state index in [2.05, 4.69) is 44.0 Å². The fourth-order valence-corrected chi connectivity index (χ4v) is 4.85. The number of benzene rings is 1. The first-order valence-electron chi connectivity index (χ1n) is 10.5. The normalized spacial score (nSPS) is 26.3. The molecule has 0 saturated carbocycles. The highest BCUT2D eigenvalue weighted by atomic mass is 16.7. The predicted octanol–water partition coefficient (Wildman–Crippen LogP) is 4.46. The molecule has 0 bridgehead atoms. The van der Waals surface area contributed by atoms with Crippen molar-refractivity contribution >= 4 is 5.78 Å². The van der Waals surface area contributed by atoms with Gasteiger partial charge in [0, 0.05) is 24.6 Å². The number of methoxy groups -OCH3 is 1. The van der Waals surface area contributed by atoms with Gasteiger partial charge in [-0.1, -0.05) is 24.6 Å². The van der Waals surface area contributed by atoms with E-state index in [0.717, 1.165) is 37.1 Å². The summed E-state index contributed by atoms with van der Waals surface area (Å²) >= 11 is 0. The minimum atomic E-state index is -0.0220. The van der Waals surface area contributed by atoms with E-state index >= 15 is 0 Å². The maximum Gasteiger partial charge on any atom is 0.231 e. The molecule has 4 rings (SSSR count). The van der Waals surface area contributed by atoms with Crippen molar-refractivity contribution in [2.24, 2.45) is 11.8 Å². The van der Waals surface area contributed by atoms with E-state index < -0.39 is 0 Å². The number of ketones is 1. The van der Waals surface area contributed by atoms with Gasteiger partial charge in [0.15, 0.2) is 17.3 Å². The van der Waals surface area contributed by atoms with Gasteiger partial charge in [0.1, 0.15) is 0 Å². The molecule has 0 radical (unpaired) electrons. The van der Waals surface area contributed by atoms with Crippen molar-refractivity contribution in [3.05, 3.63) is 41.0 Å². The van der Waals surface area contributed by atoms with Crippen LogP contribution in [-0.4, -0.2) is 38.2 Å². The van der Waals surface area contributed by atoms with E-state index in [-0.39, 0.29) is 18.6 Å². The zero-order valence-corrected chi connectivity index (χ0v) is 17.9. The molecule has 0 aromatic heterocycles. The lowest BCUT2D eigenvalue weighted by atomic mass is 9.81. The van der Waals surface area contributed by atoms with Crippen LogP contribution in [0.1, 0.15) is 50.3 Å². The first kappa shape index (κ1) is 20.0. The summed E-state index contributed by atoms with van der Waals surface area (Å²) in [4.78, 5) is 15.1. The first-order chi connectivity index (χ1) is 14.0. The molecule has 156 valence electrons. The number of allylic oxidation sites excluding steroid dienone is 4. The van der Waals surface area contributed by atoms with E-state index in [1.165, 1.54) is 11.1 Å². The summed E-state index contributed by atoms with van der Waals surface area (Å²) in [6.07, 6.45) is 9.72. The second-order valence-electron chi connectivity index (χ2n) is 8.62. The number of carbonyl (C=O) groups excluding carboxylic acids is 1. The molecule has 5 nitrogen and oxygen atoms in total. The van der Waals surface area contributed by atoms with Crippen molar-refractivity contribution < 1.29 is 19.0 Å². The van der Waals surface area contributed by atoms with Crippen molar-refractivity contribution in [2.45, 2.75) is 45.6 Å². The summed E-state index contributed by atoms with van der Waals surface area (Å²) in [5, 5.41) is 0. The average molecular weight is 398 g/mol. The van der Waals surface area contributed by atoms with Gasteiger partial charge < -0.3 is 14.2 Å². The summed E-state index contributed by atoms with van der Waals surface area (Å²) in [7, 11) is 3.73. The topological polar surface area (TPSA) is 48.0 Å². The maximum atomic E-state index is 12.9. The number of hydrogen-bond acceptors (Lipinski definition) is 5. The Bertz CT molecular complexity index is 857. The van der Waals surface area contributed by atoms with Crippen molar-refractivity contribution in [3.63, 3.8) is 0 Å². The van der Waals surface area contributed by atoms with Crippen LogP contribution in [0.5, 0.6) is 17.2 Å². The van der Waals surface area contributed by atoms with Gasteiger partial charge in [-0.15, -0.1) is 0 Å². The first-order valence-corrected chi connectivity index (χ1v) is 10.5. The number of nitrogens with zero attached hydrogens (tertiary/aromatic N) is 1. The number of likely N-dealkylation sites (N-methyl/N-ethyl adjacent to an activating group) is 1. The molecule has 0 N–H and O–H groups in total. The van der Waals surface area contributed by atoms with E-state index in [4.69, 9.17) is 14.2 Å². The second-order valence-corrected chi connectivity index (χ2v) is 8.62. The third-order valence-electron chi connectivity index (χ3n) is 6.58. The third-order valence-corrected chi connectivity index (χ3v) is 6.58. The van der Waals surface area contributed by atoms with E-state index in [0.29, 0.717) is 29.8 Å². The summed E-state index contributed by atoms with van der Waals surface area (Å²) in [6, 6.07) is 2.03. The number of rotatable bonds is 5. The van der Waals surface area contributed by atoms with Crippen molar-refractivity contribution in [1.29, 1.82) is 0 Å². The van der Waals surface area contributed by atoms with Crippen LogP contribution in [0.15, 0.2) is 29.9 Å². The van der Waals surface area contributed by atoms with E-state index in [1.807, 2.05) is 0 Å². The van der Waals surface area contributed by atoms with Crippen molar-refractivity contribution in [3.8, 4) is 17.2 Å². The Hall–Kier alpha value is -2.27. The molecule has 5 heteroatoms. The maximum absolute atomic E-state index is 12.9. The zero-order chi connectivity index (χ0) is 20.5. The van der Waals surface area contributed by atoms with Crippen LogP contribution in [0.25, 0.3) is 0 Å². The standard InChI is InChI=1S/C24H31NO4/c1-15-5-6-17(16(2)11-15)7-8-19(26)13-20-22-18(9-10-25(20)3)12-21-23(24(22)27-4)29-14-28-21/h5,7-8,12,16-17,20H,6,9-11,13-14H2,1-4H3/t16-,17-,20+/m1/s1. The van der Waals surface area contributed by atoms with Gasteiger partial charge in [0.05, 0.1) is 7.11 Å². The molecule has 29 heavy (non-hydrogen) atoms. The van der Waals surface area contributed by atoms with Crippen LogP contribution in [0, 0.1) is 11.8 Å². The predicted molar refractivity (Wildman–Crippen MR) is 113 cm³/mol. The average Bonchev–Trinajstić information content (AvgIpc) is 3.16. The Kier molecular flexibility index (Phi) is 5.68. The number of ether oxygens (including phenoxy) is 3. The van der Waals surface area contributed by atoms with Crippen LogP contribution in [0.2, 0.25) is 0 Å². The lowest BCUT2D eigenvalue weighted by Crippen LogP contribution is -2.33.